The van der Waals surface area contributed by atoms with Gasteiger partial charge in [-0.15, -0.1) is 10.2 Å². The second-order valence-electron chi connectivity index (χ2n) is 6.17. The fraction of sp³-hybridized carbons (Fsp3) is 0.600. The molecule has 7 nitrogen and oxygen atoms in total. The maximum Gasteiger partial charge on any atom is 0.222 e. The second kappa shape index (κ2) is 5.55. The van der Waals surface area contributed by atoms with Gasteiger partial charge >= 0.3 is 0 Å². The summed E-state index contributed by atoms with van der Waals surface area (Å²) >= 11 is 0. The molecule has 1 aliphatic heterocycles. The standard InChI is InChI=1S/C15H20N6O/c22-15(10-12-2-3-12)19-7-4-13-17-18-14(21(13)9-8-19)11-20-6-1-5-16-20/h1,5-6,12H,2-4,7-11H2. The van der Waals surface area contributed by atoms with Gasteiger partial charge in [-0.3, -0.25) is 9.48 Å². The Kier molecular flexibility index (Phi) is 3.40. The molecule has 2 aliphatic rings. The van der Waals surface area contributed by atoms with Crippen LogP contribution in [0.2, 0.25) is 0 Å². The monoisotopic (exact) mass is 300 g/mol. The van der Waals surface area contributed by atoms with Gasteiger partial charge in [-0.05, 0) is 24.8 Å². The first-order valence-corrected chi connectivity index (χ1v) is 7.96. The normalized spacial score (nSPS) is 18.1. The third-order valence-corrected chi connectivity index (χ3v) is 4.48. The quantitative estimate of drug-likeness (QED) is 0.834. The third-order valence-electron chi connectivity index (χ3n) is 4.48. The van der Waals surface area contributed by atoms with Crippen molar-refractivity contribution in [2.45, 2.75) is 38.8 Å². The van der Waals surface area contributed by atoms with Crippen LogP contribution in [0.5, 0.6) is 0 Å². The number of nitrogens with zero attached hydrogens (tertiary/aromatic N) is 6. The summed E-state index contributed by atoms with van der Waals surface area (Å²) in [7, 11) is 0. The van der Waals surface area contributed by atoms with Crippen molar-refractivity contribution in [1.29, 1.82) is 0 Å². The van der Waals surface area contributed by atoms with Gasteiger partial charge in [0.05, 0.1) is 0 Å². The molecule has 0 spiro atoms. The molecule has 116 valence electrons. The number of fused-ring (bicyclic) bond motifs is 1. The average Bonchev–Trinajstić information content (AvgIpc) is 3.11. The lowest BCUT2D eigenvalue weighted by Gasteiger charge is -2.20. The molecular formula is C15H20N6O. The number of amides is 1. The Hall–Kier alpha value is -2.18. The van der Waals surface area contributed by atoms with Crippen LogP contribution in [0.25, 0.3) is 0 Å². The van der Waals surface area contributed by atoms with Crippen molar-refractivity contribution in [3.8, 4) is 0 Å². The molecule has 4 rings (SSSR count). The molecule has 0 N–H and O–H groups in total. The van der Waals surface area contributed by atoms with E-state index in [0.29, 0.717) is 18.4 Å². The van der Waals surface area contributed by atoms with E-state index in [9.17, 15) is 4.79 Å². The van der Waals surface area contributed by atoms with E-state index in [-0.39, 0.29) is 0 Å². The summed E-state index contributed by atoms with van der Waals surface area (Å²) in [6.07, 6.45) is 7.63. The zero-order valence-electron chi connectivity index (χ0n) is 12.6. The fourth-order valence-electron chi connectivity index (χ4n) is 2.99. The number of aromatic nitrogens is 5. The summed E-state index contributed by atoms with van der Waals surface area (Å²) in [5, 5.41) is 12.8. The summed E-state index contributed by atoms with van der Waals surface area (Å²) in [4.78, 5) is 14.3. The lowest BCUT2D eigenvalue weighted by Crippen LogP contribution is -2.34. The van der Waals surface area contributed by atoms with Crippen LogP contribution < -0.4 is 0 Å². The highest BCUT2D eigenvalue weighted by atomic mass is 16.2. The Balaban J connectivity index is 1.45. The first-order valence-electron chi connectivity index (χ1n) is 7.96. The molecule has 0 unspecified atom stereocenters. The SMILES string of the molecule is O=C(CC1CC1)N1CCc2nnc(Cn3cccn3)n2CC1. The summed E-state index contributed by atoms with van der Waals surface area (Å²) in [5.41, 5.74) is 0. The first-order chi connectivity index (χ1) is 10.8. The Bertz CT molecular complexity index is 658. The van der Waals surface area contributed by atoms with Crippen molar-refractivity contribution in [2.75, 3.05) is 13.1 Å². The smallest absolute Gasteiger partial charge is 0.222 e. The van der Waals surface area contributed by atoms with Gasteiger partial charge in [0, 0.05) is 44.9 Å². The Labute approximate surface area is 128 Å². The Morgan fingerprint density at radius 3 is 2.91 bits per heavy atom. The van der Waals surface area contributed by atoms with E-state index in [2.05, 4.69) is 19.9 Å². The van der Waals surface area contributed by atoms with Gasteiger partial charge in [0.1, 0.15) is 12.4 Å². The molecule has 22 heavy (non-hydrogen) atoms. The largest absolute Gasteiger partial charge is 0.340 e. The summed E-state index contributed by atoms with van der Waals surface area (Å²) in [6.45, 7) is 2.90. The number of hydrogen-bond donors (Lipinski definition) is 0. The third kappa shape index (κ3) is 2.75. The molecule has 0 atom stereocenters. The van der Waals surface area contributed by atoms with E-state index in [1.165, 1.54) is 12.8 Å². The Morgan fingerprint density at radius 1 is 1.23 bits per heavy atom. The molecule has 2 aromatic heterocycles. The summed E-state index contributed by atoms with van der Waals surface area (Å²) in [5.74, 6) is 2.83. The minimum absolute atomic E-state index is 0.301. The van der Waals surface area contributed by atoms with Gasteiger partial charge in [-0.2, -0.15) is 5.10 Å². The summed E-state index contributed by atoms with van der Waals surface area (Å²) < 4.78 is 3.99. The minimum atomic E-state index is 0.301. The van der Waals surface area contributed by atoms with E-state index in [0.717, 1.165) is 44.1 Å². The molecule has 1 aliphatic carbocycles. The molecule has 0 radical (unpaired) electrons. The molecule has 3 heterocycles. The van der Waals surface area contributed by atoms with Crippen LogP contribution >= 0.6 is 0 Å². The highest BCUT2D eigenvalue weighted by Crippen LogP contribution is 2.33. The van der Waals surface area contributed by atoms with Crippen molar-refractivity contribution in [2.24, 2.45) is 5.92 Å². The lowest BCUT2D eigenvalue weighted by molar-refractivity contribution is -0.131. The predicted molar refractivity (Wildman–Crippen MR) is 79.0 cm³/mol. The Morgan fingerprint density at radius 2 is 2.14 bits per heavy atom. The van der Waals surface area contributed by atoms with Gasteiger partial charge in [0.2, 0.25) is 5.91 Å². The topological polar surface area (TPSA) is 68.8 Å². The predicted octanol–water partition coefficient (Wildman–Crippen LogP) is 0.708. The molecule has 7 heteroatoms. The zero-order valence-corrected chi connectivity index (χ0v) is 12.6. The minimum Gasteiger partial charge on any atom is -0.340 e. The van der Waals surface area contributed by atoms with Crippen molar-refractivity contribution in [3.05, 3.63) is 30.1 Å². The van der Waals surface area contributed by atoms with E-state index in [1.54, 1.807) is 6.20 Å². The average molecular weight is 300 g/mol. The number of hydrogen-bond acceptors (Lipinski definition) is 4. The van der Waals surface area contributed by atoms with E-state index >= 15 is 0 Å². The molecule has 0 saturated heterocycles. The molecular weight excluding hydrogens is 280 g/mol. The molecule has 0 bridgehead atoms. The van der Waals surface area contributed by atoms with Crippen LogP contribution in [0, 0.1) is 5.92 Å². The molecule has 0 aromatic carbocycles. The summed E-state index contributed by atoms with van der Waals surface area (Å²) in [6, 6.07) is 1.90. The lowest BCUT2D eigenvalue weighted by atomic mass is 10.2. The second-order valence-corrected chi connectivity index (χ2v) is 6.17. The van der Waals surface area contributed by atoms with Crippen molar-refractivity contribution < 1.29 is 4.79 Å². The van der Waals surface area contributed by atoms with Crippen molar-refractivity contribution in [3.63, 3.8) is 0 Å². The number of carbonyl (C=O) groups is 1. The highest BCUT2D eigenvalue weighted by molar-refractivity contribution is 5.76. The van der Waals surface area contributed by atoms with Gasteiger partial charge in [-0.25, -0.2) is 0 Å². The van der Waals surface area contributed by atoms with E-state index in [4.69, 9.17) is 0 Å². The van der Waals surface area contributed by atoms with Gasteiger partial charge in [0.15, 0.2) is 5.82 Å². The van der Waals surface area contributed by atoms with E-state index in [1.807, 2.05) is 21.8 Å². The molecule has 1 fully saturated rings. The first kappa shape index (κ1) is 13.5. The van der Waals surface area contributed by atoms with Crippen LogP contribution in [0.1, 0.15) is 30.9 Å². The number of rotatable bonds is 4. The maximum absolute atomic E-state index is 12.3. The van der Waals surface area contributed by atoms with Crippen LogP contribution in [0.3, 0.4) is 0 Å². The van der Waals surface area contributed by atoms with Crippen LogP contribution in [-0.2, 0) is 24.3 Å². The highest BCUT2D eigenvalue weighted by Gasteiger charge is 2.28. The van der Waals surface area contributed by atoms with Gasteiger partial charge in [-0.1, -0.05) is 0 Å². The van der Waals surface area contributed by atoms with Gasteiger partial charge in [0.25, 0.3) is 0 Å². The molecule has 2 aromatic rings. The number of carbonyl (C=O) groups excluding carboxylic acids is 1. The van der Waals surface area contributed by atoms with Crippen LogP contribution in [0.4, 0.5) is 0 Å². The van der Waals surface area contributed by atoms with Crippen LogP contribution in [0.15, 0.2) is 18.5 Å². The fourth-order valence-corrected chi connectivity index (χ4v) is 2.99. The molecule has 1 amide bonds. The van der Waals surface area contributed by atoms with E-state index < -0.39 is 0 Å². The van der Waals surface area contributed by atoms with Crippen molar-refractivity contribution >= 4 is 5.91 Å². The van der Waals surface area contributed by atoms with Crippen molar-refractivity contribution in [1.82, 2.24) is 29.4 Å². The van der Waals surface area contributed by atoms with Crippen LogP contribution in [-0.4, -0.2) is 48.4 Å². The maximum atomic E-state index is 12.3. The van der Waals surface area contributed by atoms with Gasteiger partial charge < -0.3 is 9.47 Å². The molecule has 1 saturated carbocycles. The zero-order chi connectivity index (χ0) is 14.9.